The van der Waals surface area contributed by atoms with Gasteiger partial charge in [-0.1, -0.05) is 12.5 Å². The number of nitrogen functional groups attached to an aromatic ring is 1. The number of fused-ring (bicyclic) bond motifs is 2. The third-order valence-corrected chi connectivity index (χ3v) is 5.49. The zero-order chi connectivity index (χ0) is 16.4. The van der Waals surface area contributed by atoms with Crippen LogP contribution in [-0.4, -0.2) is 19.1 Å². The number of anilines is 1. The molecule has 4 unspecified atom stereocenters. The van der Waals surface area contributed by atoms with E-state index >= 15 is 0 Å². The first-order chi connectivity index (χ1) is 11.1. The molecule has 0 radical (unpaired) electrons. The fraction of sp³-hybridized carbons (Fsp3) is 0.526. The van der Waals surface area contributed by atoms with E-state index in [-0.39, 0.29) is 11.9 Å². The monoisotopic (exact) mass is 314 g/mol. The van der Waals surface area contributed by atoms with Crippen molar-refractivity contribution in [2.75, 3.05) is 12.8 Å². The summed E-state index contributed by atoms with van der Waals surface area (Å²) in [4.78, 5) is 12.1. The van der Waals surface area contributed by atoms with E-state index in [0.29, 0.717) is 17.4 Å². The molecule has 2 fully saturated rings. The Balaban J connectivity index is 1.55. The fourth-order valence-corrected chi connectivity index (χ4v) is 4.31. The van der Waals surface area contributed by atoms with Gasteiger partial charge in [0, 0.05) is 12.1 Å². The Hall–Kier alpha value is -1.97. The van der Waals surface area contributed by atoms with E-state index in [2.05, 4.69) is 12.2 Å². The minimum absolute atomic E-state index is 0.0327. The summed E-state index contributed by atoms with van der Waals surface area (Å²) in [7, 11) is 1.59. The maximum Gasteiger partial charge on any atom is 0.244 e. The Kier molecular flexibility index (Phi) is 4.60. The van der Waals surface area contributed by atoms with Gasteiger partial charge < -0.3 is 15.8 Å². The van der Waals surface area contributed by atoms with Gasteiger partial charge in [0.15, 0.2) is 0 Å². The van der Waals surface area contributed by atoms with Gasteiger partial charge in [-0.05, 0) is 67.7 Å². The maximum absolute atomic E-state index is 12.1. The molecular weight excluding hydrogens is 288 g/mol. The van der Waals surface area contributed by atoms with Crippen molar-refractivity contribution in [3.05, 3.63) is 29.8 Å². The van der Waals surface area contributed by atoms with Crippen LogP contribution in [0.25, 0.3) is 6.08 Å². The molecule has 4 atom stereocenters. The average molecular weight is 314 g/mol. The van der Waals surface area contributed by atoms with E-state index in [1.54, 1.807) is 19.3 Å². The number of hydrogen-bond acceptors (Lipinski definition) is 3. The summed E-state index contributed by atoms with van der Waals surface area (Å²) in [5.41, 5.74) is 7.35. The van der Waals surface area contributed by atoms with E-state index in [1.807, 2.05) is 18.2 Å². The van der Waals surface area contributed by atoms with E-state index in [9.17, 15) is 4.79 Å². The Morgan fingerprint density at radius 2 is 2.22 bits per heavy atom. The fourth-order valence-electron chi connectivity index (χ4n) is 4.31. The van der Waals surface area contributed by atoms with Gasteiger partial charge in [-0.2, -0.15) is 0 Å². The molecule has 124 valence electrons. The summed E-state index contributed by atoms with van der Waals surface area (Å²) in [6.45, 7) is 2.14. The van der Waals surface area contributed by atoms with Crippen LogP contribution < -0.4 is 15.8 Å². The van der Waals surface area contributed by atoms with Crippen molar-refractivity contribution in [2.24, 2.45) is 17.8 Å². The highest BCUT2D eigenvalue weighted by atomic mass is 16.5. The molecule has 1 amide bonds. The molecule has 0 aliphatic heterocycles. The summed E-state index contributed by atoms with van der Waals surface area (Å²) < 4.78 is 5.13. The topological polar surface area (TPSA) is 64.3 Å². The van der Waals surface area contributed by atoms with Crippen molar-refractivity contribution in [3.63, 3.8) is 0 Å². The van der Waals surface area contributed by atoms with Crippen LogP contribution in [0.3, 0.4) is 0 Å². The highest BCUT2D eigenvalue weighted by molar-refractivity contribution is 5.92. The first-order valence-corrected chi connectivity index (χ1v) is 8.49. The molecule has 1 aromatic rings. The number of ether oxygens (including phenoxy) is 1. The van der Waals surface area contributed by atoms with Gasteiger partial charge in [-0.3, -0.25) is 4.79 Å². The second-order valence-corrected chi connectivity index (χ2v) is 6.97. The number of hydrogen-bond donors (Lipinski definition) is 2. The van der Waals surface area contributed by atoms with Crippen LogP contribution in [0.2, 0.25) is 0 Å². The molecule has 2 bridgehead atoms. The minimum Gasteiger partial charge on any atom is -0.495 e. The number of nitrogens with two attached hydrogens (primary N) is 1. The van der Waals surface area contributed by atoms with Crippen LogP contribution in [0.15, 0.2) is 24.3 Å². The normalized spacial score (nSPS) is 27.3. The summed E-state index contributed by atoms with van der Waals surface area (Å²) >= 11 is 0. The first kappa shape index (κ1) is 15.9. The zero-order valence-corrected chi connectivity index (χ0v) is 13.9. The van der Waals surface area contributed by atoms with Crippen LogP contribution in [0, 0.1) is 17.8 Å². The second kappa shape index (κ2) is 6.65. The third kappa shape index (κ3) is 3.52. The van der Waals surface area contributed by atoms with Crippen LogP contribution in [-0.2, 0) is 4.79 Å². The van der Waals surface area contributed by atoms with Crippen molar-refractivity contribution in [3.8, 4) is 5.75 Å². The molecule has 0 saturated heterocycles. The minimum atomic E-state index is -0.0327. The van der Waals surface area contributed by atoms with Crippen LogP contribution in [0.5, 0.6) is 5.75 Å². The zero-order valence-electron chi connectivity index (χ0n) is 13.9. The number of nitrogens with one attached hydrogen (secondary N) is 1. The van der Waals surface area contributed by atoms with Crippen molar-refractivity contribution < 1.29 is 9.53 Å². The van der Waals surface area contributed by atoms with Crippen molar-refractivity contribution >= 4 is 17.7 Å². The Morgan fingerprint density at radius 1 is 1.39 bits per heavy atom. The number of rotatable bonds is 5. The Bertz CT molecular complexity index is 611. The van der Waals surface area contributed by atoms with Gasteiger partial charge in [0.05, 0.1) is 12.8 Å². The van der Waals surface area contributed by atoms with Crippen molar-refractivity contribution in [2.45, 2.75) is 38.6 Å². The summed E-state index contributed by atoms with van der Waals surface area (Å²) in [6.07, 6.45) is 8.76. The largest absolute Gasteiger partial charge is 0.495 e. The molecular formula is C19H26N2O2. The molecule has 4 nitrogen and oxygen atoms in total. The van der Waals surface area contributed by atoms with Gasteiger partial charge in [-0.15, -0.1) is 0 Å². The molecule has 3 rings (SSSR count). The summed E-state index contributed by atoms with van der Waals surface area (Å²) in [5, 5.41) is 3.13. The highest BCUT2D eigenvalue weighted by Gasteiger charge is 2.41. The molecule has 0 spiro atoms. The smallest absolute Gasteiger partial charge is 0.244 e. The number of carbonyl (C=O) groups is 1. The number of carbonyl (C=O) groups excluding carboxylic acids is 1. The van der Waals surface area contributed by atoms with E-state index in [1.165, 1.54) is 25.7 Å². The number of methoxy groups -OCH3 is 1. The molecule has 2 saturated carbocycles. The summed E-state index contributed by atoms with van der Waals surface area (Å²) in [6, 6.07) is 5.76. The molecule has 3 N–H and O–H groups in total. The predicted octanol–water partition coefficient (Wildman–Crippen LogP) is 3.23. The molecule has 1 aromatic carbocycles. The SMILES string of the molecule is COc1ccc(/C=C\C(=O)NC(C)C2CC3CCC2C3)cc1N. The highest BCUT2D eigenvalue weighted by Crippen LogP contribution is 2.49. The predicted molar refractivity (Wildman–Crippen MR) is 93.0 cm³/mol. The van der Waals surface area contributed by atoms with Crippen molar-refractivity contribution in [1.29, 1.82) is 0 Å². The second-order valence-electron chi connectivity index (χ2n) is 6.97. The lowest BCUT2D eigenvalue weighted by atomic mass is 9.84. The third-order valence-electron chi connectivity index (χ3n) is 5.49. The average Bonchev–Trinajstić information content (AvgIpc) is 3.16. The molecule has 4 heteroatoms. The first-order valence-electron chi connectivity index (χ1n) is 8.49. The quantitative estimate of drug-likeness (QED) is 0.648. The standard InChI is InChI=1S/C19H26N2O2/c1-12(16-10-14-3-6-15(16)9-14)21-19(22)8-5-13-4-7-18(23-2)17(20)11-13/h4-5,7-8,11-12,14-16H,3,6,9-10,20H2,1-2H3,(H,21,22)/b8-5-. The summed E-state index contributed by atoms with van der Waals surface area (Å²) in [5.74, 6) is 3.00. The lowest BCUT2D eigenvalue weighted by Crippen LogP contribution is -2.39. The van der Waals surface area contributed by atoms with E-state index < -0.39 is 0 Å². The lowest BCUT2D eigenvalue weighted by Gasteiger charge is -2.28. The van der Waals surface area contributed by atoms with Crippen molar-refractivity contribution in [1.82, 2.24) is 5.32 Å². The van der Waals surface area contributed by atoms with E-state index in [4.69, 9.17) is 10.5 Å². The number of benzene rings is 1. The molecule has 0 aromatic heterocycles. The lowest BCUT2D eigenvalue weighted by molar-refractivity contribution is -0.117. The molecule has 2 aliphatic carbocycles. The van der Waals surface area contributed by atoms with Crippen LogP contribution >= 0.6 is 0 Å². The molecule has 2 aliphatic rings. The Morgan fingerprint density at radius 3 is 2.83 bits per heavy atom. The maximum atomic E-state index is 12.1. The molecule has 23 heavy (non-hydrogen) atoms. The number of amides is 1. The van der Waals surface area contributed by atoms with Gasteiger partial charge in [-0.25, -0.2) is 0 Å². The van der Waals surface area contributed by atoms with Gasteiger partial charge >= 0.3 is 0 Å². The van der Waals surface area contributed by atoms with E-state index in [0.717, 1.165) is 17.4 Å². The molecule has 0 heterocycles. The van der Waals surface area contributed by atoms with Crippen LogP contribution in [0.4, 0.5) is 5.69 Å². The van der Waals surface area contributed by atoms with Gasteiger partial charge in [0.1, 0.15) is 5.75 Å². The van der Waals surface area contributed by atoms with Gasteiger partial charge in [0.2, 0.25) is 5.91 Å². The Labute approximate surface area is 138 Å². The van der Waals surface area contributed by atoms with Crippen LogP contribution in [0.1, 0.15) is 38.2 Å². The van der Waals surface area contributed by atoms with Gasteiger partial charge in [0.25, 0.3) is 0 Å².